The van der Waals surface area contributed by atoms with E-state index in [1.807, 2.05) is 0 Å². The van der Waals surface area contributed by atoms with Crippen LogP contribution in [0.15, 0.2) is 24.3 Å². The van der Waals surface area contributed by atoms with E-state index in [0.29, 0.717) is 6.04 Å². The summed E-state index contributed by atoms with van der Waals surface area (Å²) in [4.78, 5) is 0. The highest BCUT2D eigenvalue weighted by atomic mass is 14.9. The van der Waals surface area contributed by atoms with Crippen LogP contribution in [0.1, 0.15) is 25.8 Å². The van der Waals surface area contributed by atoms with Crippen LogP contribution in [-0.4, -0.2) is 6.04 Å². The molecule has 1 aliphatic heterocycles. The lowest BCUT2D eigenvalue weighted by molar-refractivity contribution is 0.454. The molecular formula is C12H17N. The lowest BCUT2D eigenvalue weighted by atomic mass is 9.87. The van der Waals surface area contributed by atoms with Crippen molar-refractivity contribution < 1.29 is 0 Å². The van der Waals surface area contributed by atoms with Crippen molar-refractivity contribution in [2.24, 2.45) is 5.92 Å². The lowest BCUT2D eigenvalue weighted by Gasteiger charge is -2.31. The predicted octanol–water partition coefficient (Wildman–Crippen LogP) is 3.07. The SMILES string of the molecule is CCC1Nc2ccccc2CC1C. The summed E-state index contributed by atoms with van der Waals surface area (Å²) in [6.07, 6.45) is 2.44. The predicted molar refractivity (Wildman–Crippen MR) is 57.0 cm³/mol. The Morgan fingerprint density at radius 2 is 2.15 bits per heavy atom. The topological polar surface area (TPSA) is 12.0 Å². The van der Waals surface area contributed by atoms with Crippen LogP contribution in [0.25, 0.3) is 0 Å². The van der Waals surface area contributed by atoms with Gasteiger partial charge in [0.25, 0.3) is 0 Å². The molecule has 0 aliphatic carbocycles. The first-order valence-electron chi connectivity index (χ1n) is 5.15. The summed E-state index contributed by atoms with van der Waals surface area (Å²) >= 11 is 0. The molecule has 0 aromatic heterocycles. The van der Waals surface area contributed by atoms with E-state index in [2.05, 4.69) is 43.4 Å². The molecule has 0 amide bonds. The monoisotopic (exact) mass is 175 g/mol. The molecule has 1 heterocycles. The minimum Gasteiger partial charge on any atom is -0.382 e. The molecule has 1 nitrogen and oxygen atoms in total. The van der Waals surface area contributed by atoms with Gasteiger partial charge in [-0.25, -0.2) is 0 Å². The van der Waals surface area contributed by atoms with Gasteiger partial charge < -0.3 is 5.32 Å². The number of hydrogen-bond donors (Lipinski definition) is 1. The first-order valence-corrected chi connectivity index (χ1v) is 5.15. The number of nitrogens with one attached hydrogen (secondary N) is 1. The lowest BCUT2D eigenvalue weighted by Crippen LogP contribution is -2.32. The Hall–Kier alpha value is -0.980. The molecule has 0 bridgehead atoms. The van der Waals surface area contributed by atoms with Crippen molar-refractivity contribution in [2.75, 3.05) is 5.32 Å². The Bertz CT molecular complexity index is 293. The number of fused-ring (bicyclic) bond motifs is 1. The van der Waals surface area contributed by atoms with Crippen molar-refractivity contribution in [3.63, 3.8) is 0 Å². The Balaban J connectivity index is 2.27. The summed E-state index contributed by atoms with van der Waals surface area (Å²) in [5, 5.41) is 3.60. The van der Waals surface area contributed by atoms with Gasteiger partial charge in [0, 0.05) is 11.7 Å². The van der Waals surface area contributed by atoms with Crippen LogP contribution in [-0.2, 0) is 6.42 Å². The van der Waals surface area contributed by atoms with Gasteiger partial charge in [-0.15, -0.1) is 0 Å². The van der Waals surface area contributed by atoms with E-state index in [-0.39, 0.29) is 0 Å². The van der Waals surface area contributed by atoms with Gasteiger partial charge in [-0.05, 0) is 30.4 Å². The number of anilines is 1. The van der Waals surface area contributed by atoms with Crippen molar-refractivity contribution in [3.05, 3.63) is 29.8 Å². The Morgan fingerprint density at radius 3 is 2.92 bits per heavy atom. The molecule has 1 heteroatoms. The Labute approximate surface area is 80.2 Å². The van der Waals surface area contributed by atoms with Crippen LogP contribution in [0.3, 0.4) is 0 Å². The maximum absolute atomic E-state index is 3.60. The van der Waals surface area contributed by atoms with Crippen molar-refractivity contribution in [1.29, 1.82) is 0 Å². The van der Waals surface area contributed by atoms with Gasteiger partial charge in [0.2, 0.25) is 0 Å². The number of hydrogen-bond acceptors (Lipinski definition) is 1. The molecule has 0 saturated carbocycles. The summed E-state index contributed by atoms with van der Waals surface area (Å²) in [6.45, 7) is 4.58. The molecular weight excluding hydrogens is 158 g/mol. The quantitative estimate of drug-likeness (QED) is 0.691. The zero-order valence-corrected chi connectivity index (χ0v) is 8.38. The third-order valence-corrected chi connectivity index (χ3v) is 3.03. The molecule has 1 aliphatic rings. The van der Waals surface area contributed by atoms with Gasteiger partial charge >= 0.3 is 0 Å². The minimum atomic E-state index is 0.662. The second-order valence-corrected chi connectivity index (χ2v) is 4.00. The fourth-order valence-corrected chi connectivity index (χ4v) is 2.17. The van der Waals surface area contributed by atoms with Crippen LogP contribution in [0.5, 0.6) is 0 Å². The molecule has 70 valence electrons. The van der Waals surface area contributed by atoms with Crippen molar-refractivity contribution in [3.8, 4) is 0 Å². The van der Waals surface area contributed by atoms with Crippen molar-refractivity contribution in [1.82, 2.24) is 0 Å². The second-order valence-electron chi connectivity index (χ2n) is 4.00. The highest BCUT2D eigenvalue weighted by Crippen LogP contribution is 2.28. The average molecular weight is 175 g/mol. The summed E-state index contributed by atoms with van der Waals surface area (Å²) in [5.74, 6) is 0.764. The van der Waals surface area contributed by atoms with Gasteiger partial charge in [-0.1, -0.05) is 32.0 Å². The minimum absolute atomic E-state index is 0.662. The first-order chi connectivity index (χ1) is 6.31. The smallest absolute Gasteiger partial charge is 0.0375 e. The van der Waals surface area contributed by atoms with Gasteiger partial charge in [-0.2, -0.15) is 0 Å². The first kappa shape index (κ1) is 8.61. The molecule has 0 fully saturated rings. The second kappa shape index (κ2) is 3.41. The Morgan fingerprint density at radius 1 is 1.38 bits per heavy atom. The Kier molecular flexibility index (Phi) is 2.26. The third kappa shape index (κ3) is 1.55. The summed E-state index contributed by atoms with van der Waals surface area (Å²) in [7, 11) is 0. The normalized spacial score (nSPS) is 26.3. The van der Waals surface area contributed by atoms with E-state index in [1.165, 1.54) is 24.1 Å². The van der Waals surface area contributed by atoms with Crippen LogP contribution in [0, 0.1) is 5.92 Å². The number of rotatable bonds is 1. The van der Waals surface area contributed by atoms with E-state index in [1.54, 1.807) is 0 Å². The molecule has 1 N–H and O–H groups in total. The van der Waals surface area contributed by atoms with Gasteiger partial charge in [0.05, 0.1) is 0 Å². The maximum Gasteiger partial charge on any atom is 0.0375 e. The number of benzene rings is 1. The highest BCUT2D eigenvalue weighted by molar-refractivity contribution is 5.54. The molecule has 2 atom stereocenters. The summed E-state index contributed by atoms with van der Waals surface area (Å²) < 4.78 is 0. The molecule has 0 saturated heterocycles. The highest BCUT2D eigenvalue weighted by Gasteiger charge is 2.22. The number of para-hydroxylation sites is 1. The molecule has 1 aromatic carbocycles. The zero-order valence-electron chi connectivity index (χ0n) is 8.38. The molecule has 13 heavy (non-hydrogen) atoms. The zero-order chi connectivity index (χ0) is 9.26. The fourth-order valence-electron chi connectivity index (χ4n) is 2.17. The van der Waals surface area contributed by atoms with Gasteiger partial charge in [-0.3, -0.25) is 0 Å². The van der Waals surface area contributed by atoms with Crippen molar-refractivity contribution in [2.45, 2.75) is 32.7 Å². The summed E-state index contributed by atoms with van der Waals surface area (Å²) in [6, 6.07) is 9.30. The van der Waals surface area contributed by atoms with E-state index < -0.39 is 0 Å². The molecule has 0 spiro atoms. The summed E-state index contributed by atoms with van der Waals surface area (Å²) in [5.41, 5.74) is 2.81. The molecule has 0 radical (unpaired) electrons. The largest absolute Gasteiger partial charge is 0.382 e. The van der Waals surface area contributed by atoms with E-state index in [4.69, 9.17) is 0 Å². The van der Waals surface area contributed by atoms with E-state index >= 15 is 0 Å². The molecule has 2 rings (SSSR count). The van der Waals surface area contributed by atoms with E-state index in [9.17, 15) is 0 Å². The third-order valence-electron chi connectivity index (χ3n) is 3.03. The fraction of sp³-hybridized carbons (Fsp3) is 0.500. The van der Waals surface area contributed by atoms with E-state index in [0.717, 1.165) is 5.92 Å². The molecule has 1 aromatic rings. The van der Waals surface area contributed by atoms with Crippen molar-refractivity contribution >= 4 is 5.69 Å². The van der Waals surface area contributed by atoms with Gasteiger partial charge in [0.1, 0.15) is 0 Å². The van der Waals surface area contributed by atoms with Crippen LogP contribution >= 0.6 is 0 Å². The van der Waals surface area contributed by atoms with Crippen LogP contribution < -0.4 is 5.32 Å². The van der Waals surface area contributed by atoms with Crippen LogP contribution in [0.2, 0.25) is 0 Å². The van der Waals surface area contributed by atoms with Crippen LogP contribution in [0.4, 0.5) is 5.69 Å². The maximum atomic E-state index is 3.60. The average Bonchev–Trinajstić information content (AvgIpc) is 2.17. The molecule has 2 unspecified atom stereocenters. The standard InChI is InChI=1S/C12H17N/c1-3-11-9(2)8-10-6-4-5-7-12(10)13-11/h4-7,9,11,13H,3,8H2,1-2H3. The van der Waals surface area contributed by atoms with Gasteiger partial charge in [0.15, 0.2) is 0 Å².